The van der Waals surface area contributed by atoms with E-state index in [1.807, 2.05) is 32.0 Å². The van der Waals surface area contributed by atoms with Crippen molar-refractivity contribution < 1.29 is 13.2 Å². The van der Waals surface area contributed by atoms with Gasteiger partial charge in [-0.15, -0.1) is 0 Å². The predicted molar refractivity (Wildman–Crippen MR) is 146 cm³/mol. The molecule has 0 aromatic heterocycles. The number of piperidine rings is 1. The molecule has 190 valence electrons. The van der Waals surface area contributed by atoms with Gasteiger partial charge in [0.1, 0.15) is 6.54 Å². The molecule has 3 aromatic carbocycles. The molecule has 0 unspecified atom stereocenters. The Morgan fingerprint density at radius 1 is 0.917 bits per heavy atom. The van der Waals surface area contributed by atoms with Crippen molar-refractivity contribution in [2.75, 3.05) is 28.8 Å². The molecule has 1 saturated heterocycles. The number of carbonyl (C=O) groups excluding carboxylic acids is 1. The van der Waals surface area contributed by atoms with E-state index in [4.69, 9.17) is 11.6 Å². The van der Waals surface area contributed by atoms with Crippen LogP contribution in [0.25, 0.3) is 0 Å². The highest BCUT2D eigenvalue weighted by Crippen LogP contribution is 2.26. The summed E-state index contributed by atoms with van der Waals surface area (Å²) in [6.45, 7) is 6.01. The summed E-state index contributed by atoms with van der Waals surface area (Å²) in [5.74, 6) is -0.383. The first-order valence-corrected chi connectivity index (χ1v) is 14.0. The number of anilines is 2. The number of halogens is 1. The number of aryl methyl sites for hydroxylation is 2. The van der Waals surface area contributed by atoms with Crippen molar-refractivity contribution >= 4 is 38.9 Å². The number of sulfonamides is 1. The van der Waals surface area contributed by atoms with E-state index >= 15 is 0 Å². The number of nitrogens with one attached hydrogen (secondary N) is 1. The molecule has 0 aliphatic carbocycles. The molecule has 0 saturated carbocycles. The molecule has 1 aliphatic rings. The highest BCUT2D eigenvalue weighted by atomic mass is 35.5. The van der Waals surface area contributed by atoms with Crippen LogP contribution < -0.4 is 14.5 Å². The van der Waals surface area contributed by atoms with E-state index in [9.17, 15) is 13.2 Å². The molecule has 0 atom stereocenters. The van der Waals surface area contributed by atoms with Gasteiger partial charge in [0.25, 0.3) is 10.0 Å². The second-order valence-electron chi connectivity index (χ2n) is 9.23. The monoisotopic (exact) mass is 525 g/mol. The summed E-state index contributed by atoms with van der Waals surface area (Å²) in [5.41, 5.74) is 4.58. The number of benzene rings is 3. The maximum atomic E-state index is 13.5. The summed E-state index contributed by atoms with van der Waals surface area (Å²) >= 11 is 5.96. The molecule has 1 aliphatic heterocycles. The third kappa shape index (κ3) is 6.20. The quantitative estimate of drug-likeness (QED) is 0.424. The Hall–Kier alpha value is -3.03. The first-order chi connectivity index (χ1) is 17.2. The molecule has 3 aromatic rings. The van der Waals surface area contributed by atoms with Gasteiger partial charge in [0, 0.05) is 30.3 Å². The molecule has 4 rings (SSSR count). The smallest absolute Gasteiger partial charge is 0.264 e. The van der Waals surface area contributed by atoms with Crippen LogP contribution in [0.1, 0.15) is 36.0 Å². The maximum Gasteiger partial charge on any atom is 0.264 e. The van der Waals surface area contributed by atoms with Crippen LogP contribution in [0, 0.1) is 13.8 Å². The molecule has 36 heavy (non-hydrogen) atoms. The molecule has 1 N–H and O–H groups in total. The van der Waals surface area contributed by atoms with Gasteiger partial charge in [0.05, 0.1) is 10.6 Å². The van der Waals surface area contributed by atoms with Crippen molar-refractivity contribution in [1.29, 1.82) is 0 Å². The van der Waals surface area contributed by atoms with Crippen LogP contribution in [0.5, 0.6) is 0 Å². The van der Waals surface area contributed by atoms with Crippen LogP contribution in [-0.2, 0) is 21.4 Å². The molecule has 1 heterocycles. The Labute approximate surface area is 218 Å². The average Bonchev–Trinajstić information content (AvgIpc) is 2.89. The summed E-state index contributed by atoms with van der Waals surface area (Å²) in [6, 6.07) is 19.5. The topological polar surface area (TPSA) is 69.7 Å². The normalized spacial score (nSPS) is 13.9. The predicted octanol–water partition coefficient (Wildman–Crippen LogP) is 5.46. The van der Waals surface area contributed by atoms with Crippen LogP contribution >= 0.6 is 11.6 Å². The summed E-state index contributed by atoms with van der Waals surface area (Å²) in [4.78, 5) is 15.4. The Balaban J connectivity index is 1.49. The second kappa shape index (κ2) is 11.4. The summed E-state index contributed by atoms with van der Waals surface area (Å²) in [6.07, 6.45) is 3.72. The summed E-state index contributed by atoms with van der Waals surface area (Å²) in [5, 5.41) is 3.32. The van der Waals surface area contributed by atoms with E-state index < -0.39 is 10.0 Å². The zero-order valence-corrected chi connectivity index (χ0v) is 22.3. The van der Waals surface area contributed by atoms with Gasteiger partial charge < -0.3 is 10.2 Å². The lowest BCUT2D eigenvalue weighted by Crippen LogP contribution is -2.40. The molecule has 6 nitrogen and oxygen atoms in total. The summed E-state index contributed by atoms with van der Waals surface area (Å²) < 4.78 is 28.2. The molecule has 8 heteroatoms. The van der Waals surface area contributed by atoms with E-state index in [-0.39, 0.29) is 17.3 Å². The van der Waals surface area contributed by atoms with Gasteiger partial charge in [0.15, 0.2) is 0 Å². The van der Waals surface area contributed by atoms with Gasteiger partial charge in [-0.1, -0.05) is 29.8 Å². The highest BCUT2D eigenvalue weighted by molar-refractivity contribution is 7.92. The average molecular weight is 526 g/mol. The van der Waals surface area contributed by atoms with E-state index in [0.717, 1.165) is 34.1 Å². The minimum atomic E-state index is -3.99. The van der Waals surface area contributed by atoms with Gasteiger partial charge >= 0.3 is 0 Å². The van der Waals surface area contributed by atoms with Gasteiger partial charge in [-0.25, -0.2) is 8.42 Å². The fourth-order valence-electron chi connectivity index (χ4n) is 4.29. The highest BCUT2D eigenvalue weighted by Gasteiger charge is 2.27. The number of amides is 1. The third-order valence-electron chi connectivity index (χ3n) is 6.61. The van der Waals surface area contributed by atoms with Crippen molar-refractivity contribution in [3.05, 3.63) is 88.4 Å². The molecule has 0 spiro atoms. The van der Waals surface area contributed by atoms with Crippen molar-refractivity contribution in [2.24, 2.45) is 0 Å². The van der Waals surface area contributed by atoms with Crippen molar-refractivity contribution in [3.63, 3.8) is 0 Å². The Kier molecular flexibility index (Phi) is 8.21. The Morgan fingerprint density at radius 2 is 1.58 bits per heavy atom. The number of hydrogen-bond acceptors (Lipinski definition) is 4. The first-order valence-electron chi connectivity index (χ1n) is 12.2. The van der Waals surface area contributed by atoms with Gasteiger partial charge in [-0.05, 0) is 98.3 Å². The lowest BCUT2D eigenvalue weighted by Gasteiger charge is -2.28. The van der Waals surface area contributed by atoms with Crippen molar-refractivity contribution in [1.82, 2.24) is 5.32 Å². The van der Waals surface area contributed by atoms with Crippen molar-refractivity contribution in [2.45, 2.75) is 44.6 Å². The Bertz CT molecular complexity index is 1300. The first kappa shape index (κ1) is 26.0. The SMILES string of the molecule is Cc1ccc(N(CC(=O)NCc2ccc(N3CCCCC3)cc2)S(=O)(=O)c2ccc(Cl)cc2)cc1C. The maximum absolute atomic E-state index is 13.5. The van der Waals surface area contributed by atoms with E-state index in [1.54, 1.807) is 12.1 Å². The van der Waals surface area contributed by atoms with Gasteiger partial charge in [-0.2, -0.15) is 0 Å². The standard InChI is InChI=1S/C28H32ClN3O3S/c1-21-6-11-26(18-22(21)2)32(36(34,35)27-14-9-24(29)10-15-27)20-28(33)30-19-23-7-12-25(13-8-23)31-16-4-3-5-17-31/h6-15,18H,3-5,16-17,19-20H2,1-2H3,(H,30,33). The molecule has 0 bridgehead atoms. The minimum Gasteiger partial charge on any atom is -0.372 e. The van der Waals surface area contributed by atoms with Crippen LogP contribution in [0.2, 0.25) is 5.02 Å². The van der Waals surface area contributed by atoms with Crippen LogP contribution in [0.3, 0.4) is 0 Å². The summed E-state index contributed by atoms with van der Waals surface area (Å²) in [7, 11) is -3.99. The van der Waals surface area contributed by atoms with Crippen LogP contribution in [0.15, 0.2) is 71.6 Å². The number of rotatable bonds is 8. The zero-order chi connectivity index (χ0) is 25.7. The molecule has 0 radical (unpaired) electrons. The van der Waals surface area contributed by atoms with Gasteiger partial charge in [0.2, 0.25) is 5.91 Å². The van der Waals surface area contributed by atoms with E-state index in [2.05, 4.69) is 22.3 Å². The van der Waals surface area contributed by atoms with E-state index in [0.29, 0.717) is 17.3 Å². The molecular formula is C28H32ClN3O3S. The van der Waals surface area contributed by atoms with E-state index in [1.165, 1.54) is 49.2 Å². The number of hydrogen-bond donors (Lipinski definition) is 1. The largest absolute Gasteiger partial charge is 0.372 e. The molecule has 1 fully saturated rings. The Morgan fingerprint density at radius 3 is 2.22 bits per heavy atom. The fraction of sp³-hybridized carbons (Fsp3) is 0.321. The minimum absolute atomic E-state index is 0.0752. The van der Waals surface area contributed by atoms with Crippen molar-refractivity contribution in [3.8, 4) is 0 Å². The molecule has 1 amide bonds. The molecular weight excluding hydrogens is 494 g/mol. The van der Waals surface area contributed by atoms with Crippen LogP contribution in [-0.4, -0.2) is 34.0 Å². The van der Waals surface area contributed by atoms with Gasteiger partial charge in [-0.3, -0.25) is 9.10 Å². The zero-order valence-electron chi connectivity index (χ0n) is 20.7. The second-order valence-corrected chi connectivity index (χ2v) is 11.5. The van der Waals surface area contributed by atoms with Crippen LogP contribution in [0.4, 0.5) is 11.4 Å². The fourth-order valence-corrected chi connectivity index (χ4v) is 5.83. The number of carbonyl (C=O) groups is 1. The lowest BCUT2D eigenvalue weighted by molar-refractivity contribution is -0.119. The number of nitrogens with zero attached hydrogens (tertiary/aromatic N) is 2. The lowest BCUT2D eigenvalue weighted by atomic mass is 10.1. The third-order valence-corrected chi connectivity index (χ3v) is 8.65.